The van der Waals surface area contributed by atoms with Gasteiger partial charge in [-0.25, -0.2) is 14.5 Å². The lowest BCUT2D eigenvalue weighted by molar-refractivity contribution is -0.145. The lowest BCUT2D eigenvalue weighted by Crippen LogP contribution is -2.40. The number of carbonyl (C=O) groups excluding carboxylic acids is 1. The summed E-state index contributed by atoms with van der Waals surface area (Å²) in [6.45, 7) is 4.66. The molecule has 3 aromatic rings. The Balaban J connectivity index is 1.55. The van der Waals surface area contributed by atoms with Gasteiger partial charge >= 0.3 is 11.7 Å². The van der Waals surface area contributed by atoms with Crippen molar-refractivity contribution in [2.75, 3.05) is 13.1 Å². The molecule has 1 fully saturated rings. The van der Waals surface area contributed by atoms with E-state index >= 15 is 0 Å². The lowest BCUT2D eigenvalue weighted by Gasteiger charge is -2.30. The molecular weight excluding hydrogens is 452 g/mol. The molecule has 2 aromatic carbocycles. The number of aromatic nitrogens is 3. The van der Waals surface area contributed by atoms with Crippen LogP contribution in [0, 0.1) is 5.92 Å². The van der Waals surface area contributed by atoms with Crippen molar-refractivity contribution in [3.63, 3.8) is 0 Å². The maximum Gasteiger partial charge on any atom is 0.348 e. The van der Waals surface area contributed by atoms with E-state index in [4.69, 9.17) is 5.11 Å². The monoisotopic (exact) mass is 480 g/mol. The third-order valence-corrected chi connectivity index (χ3v) is 6.43. The van der Waals surface area contributed by atoms with E-state index < -0.39 is 17.6 Å². The lowest BCUT2D eigenvalue weighted by atomic mass is 9.96. The molecule has 0 atom stereocenters. The smallest absolute Gasteiger partial charge is 0.348 e. The van der Waals surface area contributed by atoms with Crippen LogP contribution in [-0.4, -0.2) is 59.9 Å². The first-order valence-corrected chi connectivity index (χ1v) is 11.5. The van der Waals surface area contributed by atoms with E-state index in [1.54, 1.807) is 35.2 Å². The molecule has 35 heavy (non-hydrogen) atoms. The number of phenols is 2. The van der Waals surface area contributed by atoms with Crippen LogP contribution in [-0.2, 0) is 16.0 Å². The van der Waals surface area contributed by atoms with Gasteiger partial charge in [0.25, 0.3) is 0 Å². The van der Waals surface area contributed by atoms with Crippen LogP contribution in [0.15, 0.2) is 41.2 Å². The molecule has 10 nitrogen and oxygen atoms in total. The molecular formula is C25H28N4O6. The first-order chi connectivity index (χ1) is 16.7. The van der Waals surface area contributed by atoms with Crippen molar-refractivity contribution in [3.05, 3.63) is 58.0 Å². The number of rotatable bonds is 6. The predicted octanol–water partition coefficient (Wildman–Crippen LogP) is 2.63. The molecule has 4 N–H and O–H groups in total. The molecule has 0 unspecified atom stereocenters. The molecule has 2 heterocycles. The minimum absolute atomic E-state index is 0.0137. The van der Waals surface area contributed by atoms with Crippen LogP contribution < -0.4 is 5.69 Å². The Kier molecular flexibility index (Phi) is 6.63. The molecule has 1 aliphatic heterocycles. The summed E-state index contributed by atoms with van der Waals surface area (Å²) in [5, 5.41) is 36.2. The van der Waals surface area contributed by atoms with Gasteiger partial charge < -0.3 is 20.2 Å². The van der Waals surface area contributed by atoms with E-state index in [1.165, 1.54) is 10.6 Å². The number of piperidine rings is 1. The van der Waals surface area contributed by atoms with Crippen LogP contribution in [0.5, 0.6) is 11.5 Å². The van der Waals surface area contributed by atoms with Gasteiger partial charge in [-0.2, -0.15) is 5.10 Å². The Morgan fingerprint density at radius 3 is 2.34 bits per heavy atom. The highest BCUT2D eigenvalue weighted by molar-refractivity contribution is 5.79. The predicted molar refractivity (Wildman–Crippen MR) is 128 cm³/mol. The Hall–Kier alpha value is -4.08. The fourth-order valence-electron chi connectivity index (χ4n) is 4.38. The Morgan fingerprint density at radius 1 is 1.09 bits per heavy atom. The molecule has 0 bridgehead atoms. The largest absolute Gasteiger partial charge is 0.508 e. The van der Waals surface area contributed by atoms with Crippen LogP contribution >= 0.6 is 0 Å². The molecule has 184 valence electrons. The van der Waals surface area contributed by atoms with Crippen molar-refractivity contribution in [2.24, 2.45) is 5.92 Å². The van der Waals surface area contributed by atoms with Crippen molar-refractivity contribution < 1.29 is 24.9 Å². The van der Waals surface area contributed by atoms with Crippen molar-refractivity contribution in [1.82, 2.24) is 19.7 Å². The summed E-state index contributed by atoms with van der Waals surface area (Å²) in [4.78, 5) is 38.0. The number of likely N-dealkylation sites (tertiary alicyclic amines) is 1. The maximum atomic E-state index is 12.7. The Bertz CT molecular complexity index is 1300. The summed E-state index contributed by atoms with van der Waals surface area (Å²) in [5.74, 6) is -1.35. The number of aliphatic carboxylic acids is 1. The van der Waals surface area contributed by atoms with E-state index in [1.807, 2.05) is 13.8 Å². The maximum absolute atomic E-state index is 12.7. The topological polar surface area (TPSA) is 149 Å². The fourth-order valence-corrected chi connectivity index (χ4v) is 4.38. The summed E-state index contributed by atoms with van der Waals surface area (Å²) in [6.07, 6.45) is 1.07. The van der Waals surface area contributed by atoms with E-state index in [0.29, 0.717) is 42.7 Å². The van der Waals surface area contributed by atoms with E-state index in [0.717, 1.165) is 5.56 Å². The van der Waals surface area contributed by atoms with Gasteiger partial charge in [-0.15, -0.1) is 0 Å². The van der Waals surface area contributed by atoms with Crippen LogP contribution in [0.1, 0.15) is 43.7 Å². The first kappa shape index (κ1) is 24.1. The summed E-state index contributed by atoms with van der Waals surface area (Å²) in [6, 6.07) is 9.73. The summed E-state index contributed by atoms with van der Waals surface area (Å²) >= 11 is 0. The molecule has 0 radical (unpaired) electrons. The molecule has 1 aliphatic rings. The van der Waals surface area contributed by atoms with Gasteiger partial charge in [0.05, 0.1) is 23.6 Å². The zero-order valence-corrected chi connectivity index (χ0v) is 19.6. The van der Waals surface area contributed by atoms with Gasteiger partial charge in [-0.05, 0) is 48.1 Å². The summed E-state index contributed by atoms with van der Waals surface area (Å²) < 4.78 is 1.32. The van der Waals surface area contributed by atoms with Crippen LogP contribution in [0.2, 0.25) is 0 Å². The highest BCUT2D eigenvalue weighted by atomic mass is 16.4. The highest BCUT2D eigenvalue weighted by Gasteiger charge is 2.27. The Morgan fingerprint density at radius 2 is 1.74 bits per heavy atom. The quantitative estimate of drug-likeness (QED) is 0.424. The second-order valence-corrected chi connectivity index (χ2v) is 9.11. The number of H-pyrrole nitrogens is 1. The number of carbonyl (C=O) groups is 2. The molecule has 0 aliphatic carbocycles. The first-order valence-electron chi connectivity index (χ1n) is 11.5. The van der Waals surface area contributed by atoms with E-state index in [2.05, 4.69) is 10.2 Å². The van der Waals surface area contributed by atoms with Gasteiger partial charge in [-0.3, -0.25) is 9.59 Å². The third kappa shape index (κ3) is 4.91. The van der Waals surface area contributed by atoms with E-state index in [9.17, 15) is 24.6 Å². The van der Waals surface area contributed by atoms with Gasteiger partial charge in [0.2, 0.25) is 5.91 Å². The zero-order chi connectivity index (χ0) is 25.3. The number of nitrogens with one attached hydrogen (secondary N) is 1. The second-order valence-electron chi connectivity index (χ2n) is 9.11. The minimum atomic E-state index is -0.817. The summed E-state index contributed by atoms with van der Waals surface area (Å²) in [5.41, 5.74) is 1.67. The Labute approximate surface area is 201 Å². The van der Waals surface area contributed by atoms with Crippen LogP contribution in [0.3, 0.4) is 0 Å². The van der Waals surface area contributed by atoms with Gasteiger partial charge in [0.1, 0.15) is 11.5 Å². The molecule has 0 spiro atoms. The van der Waals surface area contributed by atoms with Crippen LogP contribution in [0.25, 0.3) is 17.1 Å². The van der Waals surface area contributed by atoms with Crippen molar-refractivity contribution in [3.8, 4) is 28.6 Å². The number of aromatic hydroxyl groups is 2. The number of phenolic OH excluding ortho intramolecular Hbond substituents is 2. The molecule has 10 heteroatoms. The average Bonchev–Trinajstić information content (AvgIpc) is 3.20. The second kappa shape index (κ2) is 9.65. The number of nitrogens with zero attached hydrogens (tertiary/aromatic N) is 3. The van der Waals surface area contributed by atoms with Gasteiger partial charge in [0, 0.05) is 19.2 Å². The molecule has 1 aromatic heterocycles. The van der Waals surface area contributed by atoms with Gasteiger partial charge in [-0.1, -0.05) is 26.0 Å². The number of carboxylic acids is 1. The standard InChI is InChI=1S/C25H28N4O6/c1-14(2)18-12-19(21(31)13-20(18)30)23-26-27-25(35)29(23)17-5-3-15(4-6-17)11-22(32)28-9-7-16(8-10-28)24(33)34/h3-6,12-14,16,30-31H,7-11H2,1-2H3,(H,27,35)(H,33,34). The van der Waals surface area contributed by atoms with Crippen molar-refractivity contribution >= 4 is 11.9 Å². The summed E-state index contributed by atoms with van der Waals surface area (Å²) in [7, 11) is 0. The number of aromatic amines is 1. The zero-order valence-electron chi connectivity index (χ0n) is 19.6. The SMILES string of the molecule is CC(C)c1cc(-c2n[nH]c(=O)n2-c2ccc(CC(=O)N3CCC(C(=O)O)CC3)cc2)c(O)cc1O. The third-order valence-electron chi connectivity index (χ3n) is 6.43. The number of benzene rings is 2. The van der Waals surface area contributed by atoms with Crippen molar-refractivity contribution in [2.45, 2.75) is 39.0 Å². The van der Waals surface area contributed by atoms with Crippen molar-refractivity contribution in [1.29, 1.82) is 0 Å². The number of hydrogen-bond acceptors (Lipinski definition) is 6. The highest BCUT2D eigenvalue weighted by Crippen LogP contribution is 2.37. The van der Waals surface area contributed by atoms with Crippen LogP contribution in [0.4, 0.5) is 0 Å². The number of amides is 1. The molecule has 4 rings (SSSR count). The molecule has 1 saturated heterocycles. The molecule has 0 saturated carbocycles. The number of carboxylic acid groups (broad SMARTS) is 1. The minimum Gasteiger partial charge on any atom is -0.508 e. The molecule has 1 amide bonds. The van der Waals surface area contributed by atoms with Gasteiger partial charge in [0.15, 0.2) is 5.82 Å². The van der Waals surface area contributed by atoms with E-state index in [-0.39, 0.29) is 35.6 Å². The average molecular weight is 481 g/mol. The normalized spacial score (nSPS) is 14.4. The fraction of sp³-hybridized carbons (Fsp3) is 0.360. The number of hydrogen-bond donors (Lipinski definition) is 4.